The fourth-order valence-electron chi connectivity index (χ4n) is 2.10. The van der Waals surface area contributed by atoms with E-state index in [2.05, 4.69) is 21.2 Å². The Bertz CT molecular complexity index is 899. The highest BCUT2D eigenvalue weighted by molar-refractivity contribution is 9.10. The lowest BCUT2D eigenvalue weighted by atomic mass is 10.2. The molecule has 0 bridgehead atoms. The van der Waals surface area contributed by atoms with Crippen LogP contribution in [0.25, 0.3) is 0 Å². The first-order valence-corrected chi connectivity index (χ1v) is 10.1. The second-order valence-electron chi connectivity index (χ2n) is 5.37. The lowest BCUT2D eigenvalue weighted by molar-refractivity contribution is -0.116. The van der Waals surface area contributed by atoms with E-state index in [1.807, 2.05) is 13.0 Å². The van der Waals surface area contributed by atoms with Gasteiger partial charge in [0.15, 0.2) is 0 Å². The number of sulfonamides is 1. The Hall–Kier alpha value is -1.12. The van der Waals surface area contributed by atoms with Crippen molar-refractivity contribution >= 4 is 60.7 Å². The van der Waals surface area contributed by atoms with Crippen LogP contribution in [0.5, 0.6) is 0 Å². The number of halogens is 3. The maximum absolute atomic E-state index is 12.6. The molecule has 9 heteroatoms. The molecule has 5 nitrogen and oxygen atoms in total. The van der Waals surface area contributed by atoms with Crippen molar-refractivity contribution in [2.75, 3.05) is 18.9 Å². The fraction of sp³-hybridized carbons (Fsp3) is 0.188. The molecule has 0 radical (unpaired) electrons. The number of nitrogens with one attached hydrogen (secondary N) is 1. The molecule has 1 amide bonds. The quantitative estimate of drug-likeness (QED) is 0.714. The molecular weight excluding hydrogens is 451 g/mol. The molecular formula is C16H15BrCl2N2O3S. The normalized spacial score (nSPS) is 11.6. The van der Waals surface area contributed by atoms with Crippen molar-refractivity contribution in [2.24, 2.45) is 0 Å². The molecule has 2 aromatic rings. The highest BCUT2D eigenvalue weighted by Crippen LogP contribution is 2.24. The molecule has 0 aromatic heterocycles. The molecule has 0 aliphatic heterocycles. The number of rotatable bonds is 5. The lowest BCUT2D eigenvalue weighted by Gasteiger charge is -2.18. The molecule has 0 heterocycles. The number of carbonyl (C=O) groups is 1. The smallest absolute Gasteiger partial charge is 0.243 e. The first-order chi connectivity index (χ1) is 11.6. The summed E-state index contributed by atoms with van der Waals surface area (Å²) in [4.78, 5) is 12.1. The van der Waals surface area contributed by atoms with Crippen LogP contribution in [0.15, 0.2) is 45.8 Å². The number of likely N-dealkylation sites (N-methyl/N-ethyl adjacent to an activating group) is 1. The number of carbonyl (C=O) groups excluding carboxylic acids is 1. The summed E-state index contributed by atoms with van der Waals surface area (Å²) in [5.41, 5.74) is 1.47. The van der Waals surface area contributed by atoms with Crippen LogP contribution in [-0.4, -0.2) is 32.2 Å². The van der Waals surface area contributed by atoms with Gasteiger partial charge in [0.2, 0.25) is 15.9 Å². The van der Waals surface area contributed by atoms with E-state index in [-0.39, 0.29) is 21.5 Å². The van der Waals surface area contributed by atoms with Gasteiger partial charge in [-0.25, -0.2) is 8.42 Å². The standard InChI is InChI=1S/C16H15BrCl2N2O3S/c1-10-5-11(17)3-4-15(10)20-16(22)9-21(2)25(23,24)14-7-12(18)6-13(19)8-14/h3-8H,9H2,1-2H3,(H,20,22). The Balaban J connectivity index is 2.14. The van der Waals surface area contributed by atoms with Gasteiger partial charge in [0.1, 0.15) is 0 Å². The Morgan fingerprint density at radius 1 is 1.16 bits per heavy atom. The highest BCUT2D eigenvalue weighted by Gasteiger charge is 2.24. The second kappa shape index (κ2) is 8.05. The molecule has 0 aliphatic rings. The van der Waals surface area contributed by atoms with Crippen LogP contribution in [0.4, 0.5) is 5.69 Å². The summed E-state index contributed by atoms with van der Waals surface area (Å²) < 4.78 is 26.9. The Morgan fingerprint density at radius 2 is 1.76 bits per heavy atom. The zero-order chi connectivity index (χ0) is 18.8. The van der Waals surface area contributed by atoms with Crippen molar-refractivity contribution in [1.29, 1.82) is 0 Å². The van der Waals surface area contributed by atoms with E-state index in [9.17, 15) is 13.2 Å². The topological polar surface area (TPSA) is 66.5 Å². The number of hydrogen-bond donors (Lipinski definition) is 1. The largest absolute Gasteiger partial charge is 0.325 e. The molecule has 0 spiro atoms. The van der Waals surface area contributed by atoms with Crippen LogP contribution in [0.1, 0.15) is 5.56 Å². The van der Waals surface area contributed by atoms with Gasteiger partial charge >= 0.3 is 0 Å². The molecule has 1 N–H and O–H groups in total. The minimum Gasteiger partial charge on any atom is -0.325 e. The minimum absolute atomic E-state index is 0.0693. The summed E-state index contributed by atoms with van der Waals surface area (Å²) in [6.45, 7) is 1.50. The predicted octanol–water partition coefficient (Wildman–Crippen LogP) is 4.32. The van der Waals surface area contributed by atoms with Gasteiger partial charge in [-0.15, -0.1) is 0 Å². The third kappa shape index (κ3) is 5.18. The molecule has 0 fully saturated rings. The lowest BCUT2D eigenvalue weighted by Crippen LogP contribution is -2.35. The number of hydrogen-bond acceptors (Lipinski definition) is 3. The van der Waals surface area contributed by atoms with Crippen LogP contribution >= 0.6 is 39.1 Å². The fourth-order valence-corrected chi connectivity index (χ4v) is 4.43. The van der Waals surface area contributed by atoms with Gasteiger partial charge in [0, 0.05) is 27.3 Å². The average Bonchev–Trinajstić information content (AvgIpc) is 2.49. The van der Waals surface area contributed by atoms with Crippen molar-refractivity contribution in [1.82, 2.24) is 4.31 Å². The van der Waals surface area contributed by atoms with E-state index in [1.54, 1.807) is 12.1 Å². The monoisotopic (exact) mass is 464 g/mol. The van der Waals surface area contributed by atoms with E-state index in [4.69, 9.17) is 23.2 Å². The van der Waals surface area contributed by atoms with Crippen molar-refractivity contribution in [3.8, 4) is 0 Å². The molecule has 2 aromatic carbocycles. The Morgan fingerprint density at radius 3 is 2.32 bits per heavy atom. The van der Waals surface area contributed by atoms with Crippen LogP contribution in [0.2, 0.25) is 10.0 Å². The maximum Gasteiger partial charge on any atom is 0.243 e. The zero-order valence-electron chi connectivity index (χ0n) is 13.4. The molecule has 0 unspecified atom stereocenters. The first-order valence-electron chi connectivity index (χ1n) is 7.08. The van der Waals surface area contributed by atoms with Crippen molar-refractivity contribution < 1.29 is 13.2 Å². The maximum atomic E-state index is 12.6. The van der Waals surface area contributed by atoms with Gasteiger partial charge in [-0.2, -0.15) is 4.31 Å². The number of anilines is 1. The number of nitrogens with zero attached hydrogens (tertiary/aromatic N) is 1. The summed E-state index contributed by atoms with van der Waals surface area (Å²) in [5.74, 6) is -0.454. The molecule has 0 atom stereocenters. The molecule has 2 rings (SSSR count). The number of benzene rings is 2. The average molecular weight is 466 g/mol. The van der Waals surface area contributed by atoms with Crippen LogP contribution in [-0.2, 0) is 14.8 Å². The van der Waals surface area contributed by atoms with E-state index < -0.39 is 15.9 Å². The van der Waals surface area contributed by atoms with E-state index in [0.717, 1.165) is 14.3 Å². The van der Waals surface area contributed by atoms with Gasteiger partial charge in [-0.05, 0) is 48.9 Å². The molecule has 0 saturated carbocycles. The molecule has 25 heavy (non-hydrogen) atoms. The third-order valence-corrected chi connectivity index (χ3v) is 6.08. The predicted molar refractivity (Wildman–Crippen MR) is 104 cm³/mol. The Labute approximate surface area is 165 Å². The van der Waals surface area contributed by atoms with Gasteiger partial charge in [0.05, 0.1) is 11.4 Å². The van der Waals surface area contributed by atoms with Crippen molar-refractivity contribution in [3.05, 3.63) is 56.5 Å². The van der Waals surface area contributed by atoms with E-state index in [0.29, 0.717) is 5.69 Å². The van der Waals surface area contributed by atoms with Crippen LogP contribution in [0.3, 0.4) is 0 Å². The van der Waals surface area contributed by atoms with Gasteiger partial charge in [-0.1, -0.05) is 39.1 Å². The van der Waals surface area contributed by atoms with E-state index in [1.165, 1.54) is 25.2 Å². The second-order valence-corrected chi connectivity index (χ2v) is 9.21. The summed E-state index contributed by atoms with van der Waals surface area (Å²) >= 11 is 15.1. The van der Waals surface area contributed by atoms with Crippen molar-refractivity contribution in [3.63, 3.8) is 0 Å². The SMILES string of the molecule is Cc1cc(Br)ccc1NC(=O)CN(C)S(=O)(=O)c1cc(Cl)cc(Cl)c1. The number of aryl methyl sites for hydroxylation is 1. The Kier molecular flexibility index (Phi) is 6.51. The molecule has 0 saturated heterocycles. The van der Waals surface area contributed by atoms with Gasteiger partial charge in [-0.3, -0.25) is 4.79 Å². The zero-order valence-corrected chi connectivity index (χ0v) is 17.3. The molecule has 0 aliphatic carbocycles. The van der Waals surface area contributed by atoms with Gasteiger partial charge in [0.25, 0.3) is 0 Å². The minimum atomic E-state index is -3.89. The summed E-state index contributed by atoms with van der Waals surface area (Å²) in [5, 5.41) is 3.10. The van der Waals surface area contributed by atoms with Crippen molar-refractivity contribution in [2.45, 2.75) is 11.8 Å². The molecule has 134 valence electrons. The first kappa shape index (κ1) is 20.2. The highest BCUT2D eigenvalue weighted by atomic mass is 79.9. The van der Waals surface area contributed by atoms with Crippen LogP contribution < -0.4 is 5.32 Å². The van der Waals surface area contributed by atoms with Gasteiger partial charge < -0.3 is 5.32 Å². The summed E-state index contributed by atoms with van der Waals surface area (Å²) in [7, 11) is -2.57. The van der Waals surface area contributed by atoms with E-state index >= 15 is 0 Å². The van der Waals surface area contributed by atoms with Crippen LogP contribution in [0, 0.1) is 6.92 Å². The number of amides is 1. The summed E-state index contributed by atoms with van der Waals surface area (Å²) in [6.07, 6.45) is 0. The summed E-state index contributed by atoms with van der Waals surface area (Å²) in [6, 6.07) is 9.39. The third-order valence-electron chi connectivity index (χ3n) is 3.37.